The Labute approximate surface area is 171 Å². The molecule has 1 saturated carbocycles. The largest absolute Gasteiger partial charge is 0.401 e. The van der Waals surface area contributed by atoms with E-state index in [1.807, 2.05) is 18.7 Å². The van der Waals surface area contributed by atoms with Crippen molar-refractivity contribution in [3.05, 3.63) is 0 Å². The van der Waals surface area contributed by atoms with Gasteiger partial charge in [-0.3, -0.25) is 9.89 Å². The number of nitrogens with zero attached hydrogens (tertiary/aromatic N) is 2. The van der Waals surface area contributed by atoms with Gasteiger partial charge in [0.15, 0.2) is 5.96 Å². The van der Waals surface area contributed by atoms with Gasteiger partial charge in [0.2, 0.25) is 0 Å². The Bertz CT molecular complexity index is 381. The minimum Gasteiger partial charge on any atom is -0.357 e. The van der Waals surface area contributed by atoms with Crippen LogP contribution in [0.15, 0.2) is 4.99 Å². The van der Waals surface area contributed by atoms with E-state index in [4.69, 9.17) is 0 Å². The highest BCUT2D eigenvalue weighted by atomic mass is 127. The molecule has 0 spiro atoms. The molecule has 25 heavy (non-hydrogen) atoms. The van der Waals surface area contributed by atoms with Crippen molar-refractivity contribution in [1.82, 2.24) is 15.5 Å². The van der Waals surface area contributed by atoms with Crippen molar-refractivity contribution in [2.24, 2.45) is 4.99 Å². The van der Waals surface area contributed by atoms with Crippen LogP contribution in [0.25, 0.3) is 0 Å². The molecule has 2 unspecified atom stereocenters. The molecule has 0 heterocycles. The molecule has 0 aromatic carbocycles. The molecule has 150 valence electrons. The molecule has 0 amide bonds. The number of aliphatic imine (C=N–C) groups is 1. The molecule has 1 fully saturated rings. The van der Waals surface area contributed by atoms with E-state index in [0.29, 0.717) is 23.8 Å². The van der Waals surface area contributed by atoms with E-state index >= 15 is 0 Å². The highest BCUT2D eigenvalue weighted by molar-refractivity contribution is 14.0. The molecule has 1 aliphatic carbocycles. The summed E-state index contributed by atoms with van der Waals surface area (Å²) in [6.45, 7) is 4.65. The highest BCUT2D eigenvalue weighted by Gasteiger charge is 2.28. The first-order chi connectivity index (χ1) is 11.3. The number of guanidine groups is 1. The summed E-state index contributed by atoms with van der Waals surface area (Å²) in [5.74, 6) is 1.85. The van der Waals surface area contributed by atoms with Crippen molar-refractivity contribution >= 4 is 41.7 Å². The normalized spacial score (nSPS) is 21.8. The summed E-state index contributed by atoms with van der Waals surface area (Å²) in [6.07, 6.45) is 0.570. The first-order valence-corrected chi connectivity index (χ1v) is 9.80. The van der Waals surface area contributed by atoms with Crippen molar-refractivity contribution in [1.29, 1.82) is 0 Å². The smallest absolute Gasteiger partial charge is 0.357 e. The summed E-state index contributed by atoms with van der Waals surface area (Å²) in [5.41, 5.74) is 0. The third kappa shape index (κ3) is 12.2. The molecule has 0 aliphatic heterocycles. The number of hydrogen-bond acceptors (Lipinski definition) is 3. The van der Waals surface area contributed by atoms with E-state index in [9.17, 15) is 13.2 Å². The number of alkyl halides is 3. The lowest BCUT2D eigenvalue weighted by Crippen LogP contribution is -2.46. The predicted octanol–water partition coefficient (Wildman–Crippen LogP) is 3.72. The molecule has 0 aromatic heterocycles. The van der Waals surface area contributed by atoms with Gasteiger partial charge >= 0.3 is 6.18 Å². The maximum Gasteiger partial charge on any atom is 0.401 e. The van der Waals surface area contributed by atoms with Gasteiger partial charge in [0.25, 0.3) is 0 Å². The van der Waals surface area contributed by atoms with Gasteiger partial charge in [-0.15, -0.1) is 24.0 Å². The van der Waals surface area contributed by atoms with Gasteiger partial charge < -0.3 is 10.6 Å². The Kier molecular flexibility index (Phi) is 13.3. The molecule has 9 heteroatoms. The van der Waals surface area contributed by atoms with Crippen LogP contribution in [0.1, 0.15) is 39.5 Å². The Morgan fingerprint density at radius 3 is 2.60 bits per heavy atom. The van der Waals surface area contributed by atoms with Crippen LogP contribution in [-0.2, 0) is 0 Å². The topological polar surface area (TPSA) is 39.7 Å². The van der Waals surface area contributed by atoms with Crippen LogP contribution in [0.5, 0.6) is 0 Å². The van der Waals surface area contributed by atoms with E-state index in [0.717, 1.165) is 25.1 Å². The molecule has 0 bridgehead atoms. The van der Waals surface area contributed by atoms with Crippen molar-refractivity contribution in [2.45, 2.75) is 57.0 Å². The van der Waals surface area contributed by atoms with Gasteiger partial charge in [-0.25, -0.2) is 0 Å². The standard InChI is InChI=1S/C16H31F3N4S.HI/c1-4-20-15(21-9-10-23(3)12-16(17,18)19)22-13-7-6-8-14(11-13)24-5-2;/h13-14H,4-12H2,1-3H3,(H2,20,21,22);1H. The molecule has 0 aromatic rings. The summed E-state index contributed by atoms with van der Waals surface area (Å²) in [4.78, 5) is 5.68. The number of rotatable bonds is 8. The van der Waals surface area contributed by atoms with Crippen LogP contribution in [0.3, 0.4) is 0 Å². The molecule has 1 rings (SSSR count). The molecule has 2 N–H and O–H groups in total. The lowest BCUT2D eigenvalue weighted by Gasteiger charge is -2.30. The quantitative estimate of drug-likeness (QED) is 0.306. The van der Waals surface area contributed by atoms with Crippen LogP contribution in [0.4, 0.5) is 13.2 Å². The fraction of sp³-hybridized carbons (Fsp3) is 0.938. The second kappa shape index (κ2) is 13.3. The Hall–Kier alpha value is 0.1000. The first-order valence-electron chi connectivity index (χ1n) is 8.75. The maximum absolute atomic E-state index is 12.3. The lowest BCUT2D eigenvalue weighted by atomic mass is 9.95. The lowest BCUT2D eigenvalue weighted by molar-refractivity contribution is -0.142. The Morgan fingerprint density at radius 2 is 2.00 bits per heavy atom. The van der Waals surface area contributed by atoms with E-state index in [1.165, 1.54) is 24.8 Å². The summed E-state index contributed by atoms with van der Waals surface area (Å²) in [5, 5.41) is 7.34. The molecule has 1 aliphatic rings. The van der Waals surface area contributed by atoms with Gasteiger partial charge in [-0.1, -0.05) is 13.3 Å². The third-order valence-electron chi connectivity index (χ3n) is 3.91. The molecular weight excluding hydrogens is 464 g/mol. The van der Waals surface area contributed by atoms with Crippen molar-refractivity contribution < 1.29 is 13.2 Å². The summed E-state index contributed by atoms with van der Waals surface area (Å²) < 4.78 is 37.0. The number of hydrogen-bond donors (Lipinski definition) is 2. The average molecular weight is 496 g/mol. The van der Waals surface area contributed by atoms with Gasteiger partial charge in [0.1, 0.15) is 0 Å². The molecule has 0 radical (unpaired) electrons. The van der Waals surface area contributed by atoms with Crippen LogP contribution in [0.2, 0.25) is 0 Å². The SMILES string of the molecule is CCNC(=NCCN(C)CC(F)(F)F)NC1CCCC(SCC)C1.I. The summed E-state index contributed by atoms with van der Waals surface area (Å²) in [6, 6.07) is 0.397. The Morgan fingerprint density at radius 1 is 1.28 bits per heavy atom. The van der Waals surface area contributed by atoms with E-state index in [1.54, 1.807) is 0 Å². The van der Waals surface area contributed by atoms with Gasteiger partial charge in [-0.2, -0.15) is 24.9 Å². The van der Waals surface area contributed by atoms with E-state index in [2.05, 4.69) is 22.5 Å². The van der Waals surface area contributed by atoms with Crippen LogP contribution < -0.4 is 10.6 Å². The zero-order valence-electron chi connectivity index (χ0n) is 15.4. The zero-order valence-corrected chi connectivity index (χ0v) is 18.5. The number of thioether (sulfide) groups is 1. The first kappa shape index (κ1) is 25.1. The van der Waals surface area contributed by atoms with Crippen molar-refractivity contribution in [3.63, 3.8) is 0 Å². The number of halogens is 4. The van der Waals surface area contributed by atoms with E-state index < -0.39 is 12.7 Å². The summed E-state index contributed by atoms with van der Waals surface area (Å²) >= 11 is 2.01. The van der Waals surface area contributed by atoms with Gasteiger partial charge in [0, 0.05) is 24.4 Å². The van der Waals surface area contributed by atoms with Crippen LogP contribution in [-0.4, -0.2) is 67.3 Å². The van der Waals surface area contributed by atoms with Gasteiger partial charge in [-0.05, 0) is 39.0 Å². The zero-order chi connectivity index (χ0) is 18.0. The number of nitrogens with one attached hydrogen (secondary N) is 2. The second-order valence-corrected chi connectivity index (χ2v) is 7.78. The predicted molar refractivity (Wildman–Crippen MR) is 112 cm³/mol. The monoisotopic (exact) mass is 496 g/mol. The van der Waals surface area contributed by atoms with Crippen LogP contribution >= 0.6 is 35.7 Å². The average Bonchev–Trinajstić information content (AvgIpc) is 2.46. The number of likely N-dealkylation sites (N-methyl/N-ethyl adjacent to an activating group) is 1. The Balaban J connectivity index is 0.00000576. The third-order valence-corrected chi connectivity index (χ3v) is 5.15. The molecular formula is C16H32F3IN4S. The fourth-order valence-electron chi connectivity index (χ4n) is 2.89. The van der Waals surface area contributed by atoms with Crippen LogP contribution in [0, 0.1) is 0 Å². The molecule has 0 saturated heterocycles. The maximum atomic E-state index is 12.3. The van der Waals surface area contributed by atoms with Crippen molar-refractivity contribution in [2.75, 3.05) is 39.0 Å². The highest BCUT2D eigenvalue weighted by Crippen LogP contribution is 2.28. The minimum atomic E-state index is -4.16. The van der Waals surface area contributed by atoms with Gasteiger partial charge in [0.05, 0.1) is 13.1 Å². The molecule has 4 nitrogen and oxygen atoms in total. The minimum absolute atomic E-state index is 0. The molecule has 2 atom stereocenters. The van der Waals surface area contributed by atoms with Crippen molar-refractivity contribution in [3.8, 4) is 0 Å². The fourth-order valence-corrected chi connectivity index (χ4v) is 4.07. The van der Waals surface area contributed by atoms with E-state index in [-0.39, 0.29) is 30.5 Å². The second-order valence-electron chi connectivity index (χ2n) is 6.20. The summed E-state index contributed by atoms with van der Waals surface area (Å²) in [7, 11) is 1.47.